The Balaban J connectivity index is 2.06. The van der Waals surface area contributed by atoms with Crippen molar-refractivity contribution in [2.24, 2.45) is 5.92 Å². The quantitative estimate of drug-likeness (QED) is 0.346. The van der Waals surface area contributed by atoms with Gasteiger partial charge >= 0.3 is 0 Å². The molecule has 1 aromatic heterocycles. The lowest BCUT2D eigenvalue weighted by atomic mass is 9.80. The molecule has 0 amide bonds. The van der Waals surface area contributed by atoms with Gasteiger partial charge in [-0.2, -0.15) is 0 Å². The predicted molar refractivity (Wildman–Crippen MR) is 106 cm³/mol. The van der Waals surface area contributed by atoms with Gasteiger partial charge in [0.2, 0.25) is 5.69 Å². The maximum absolute atomic E-state index is 12.7. The molecule has 2 heterocycles. The van der Waals surface area contributed by atoms with Gasteiger partial charge < -0.3 is 23.8 Å². The van der Waals surface area contributed by atoms with Crippen molar-refractivity contribution < 1.29 is 38.2 Å². The number of nitrogens with zero attached hydrogens (tertiary/aromatic N) is 4. The minimum Gasteiger partial charge on any atom is -0.496 e. The van der Waals surface area contributed by atoms with E-state index in [4.69, 9.17) is 28.4 Å². The minimum absolute atomic E-state index is 0.00874. The van der Waals surface area contributed by atoms with Gasteiger partial charge in [0, 0.05) is 30.1 Å². The molecular weight excluding hydrogens is 428 g/mol. The number of fused-ring (bicyclic) bond motifs is 3. The molecule has 0 bridgehead atoms. The first-order valence-electron chi connectivity index (χ1n) is 9.59. The largest absolute Gasteiger partial charge is 0.496 e. The molecule has 13 heteroatoms. The van der Waals surface area contributed by atoms with Crippen LogP contribution in [0.1, 0.15) is 30.3 Å². The van der Waals surface area contributed by atoms with Crippen LogP contribution in [0.15, 0.2) is 22.5 Å². The van der Waals surface area contributed by atoms with Crippen LogP contribution in [0.5, 0.6) is 17.2 Å². The van der Waals surface area contributed by atoms with Crippen LogP contribution in [0.25, 0.3) is 5.57 Å². The standard InChI is InChI=1S/C19H20N4O9/c1-5-30-13-8-10-18(22(24)25)15(16-17(21-32-20-16)19(10)23(26)31-13)14-11(28-3)6-9(27-2)7-12(14)29-4/h6-7,10,13H,5,8H2,1-4H3/t10-,13+/m1/s1. The van der Waals surface area contributed by atoms with Crippen molar-refractivity contribution in [1.82, 2.24) is 10.3 Å². The summed E-state index contributed by atoms with van der Waals surface area (Å²) >= 11 is 0. The summed E-state index contributed by atoms with van der Waals surface area (Å²) in [4.78, 5) is 17.2. The van der Waals surface area contributed by atoms with Crippen molar-refractivity contribution in [3.63, 3.8) is 0 Å². The highest BCUT2D eigenvalue weighted by Crippen LogP contribution is 2.48. The van der Waals surface area contributed by atoms with Gasteiger partial charge in [-0.15, -0.1) is 0 Å². The second kappa shape index (κ2) is 8.34. The number of ether oxygens (including phenoxy) is 4. The van der Waals surface area contributed by atoms with E-state index in [9.17, 15) is 15.3 Å². The first-order valence-corrected chi connectivity index (χ1v) is 9.59. The van der Waals surface area contributed by atoms with E-state index < -0.39 is 17.1 Å². The van der Waals surface area contributed by atoms with Crippen LogP contribution >= 0.6 is 0 Å². The fourth-order valence-electron chi connectivity index (χ4n) is 3.95. The van der Waals surface area contributed by atoms with E-state index in [2.05, 4.69) is 10.3 Å². The van der Waals surface area contributed by atoms with Crippen LogP contribution in [0.4, 0.5) is 0 Å². The van der Waals surface area contributed by atoms with Crippen LogP contribution in [0.3, 0.4) is 0 Å². The zero-order valence-electron chi connectivity index (χ0n) is 17.7. The van der Waals surface area contributed by atoms with E-state index in [1.165, 1.54) is 21.3 Å². The summed E-state index contributed by atoms with van der Waals surface area (Å²) in [6, 6.07) is 3.11. The van der Waals surface area contributed by atoms with Gasteiger partial charge in [-0.1, -0.05) is 0 Å². The Morgan fingerprint density at radius 1 is 1.16 bits per heavy atom. The van der Waals surface area contributed by atoms with Crippen LogP contribution in [-0.4, -0.2) is 60.1 Å². The maximum atomic E-state index is 12.7. The van der Waals surface area contributed by atoms with E-state index in [0.29, 0.717) is 5.75 Å². The molecular formula is C19H20N4O9. The molecule has 0 N–H and O–H groups in total. The SMILES string of the molecule is CCO[C@@H]1C[C@@H]2C([N+](=O)[O-])=C(c3c(OC)cc(OC)cc3OC)c3nonc3C2=[N+]([O-])O1. The van der Waals surface area contributed by atoms with Crippen LogP contribution in [0.2, 0.25) is 0 Å². The van der Waals surface area contributed by atoms with E-state index in [1.807, 2.05) is 0 Å². The third-order valence-electron chi connectivity index (χ3n) is 5.24. The summed E-state index contributed by atoms with van der Waals surface area (Å²) in [7, 11) is 4.28. The summed E-state index contributed by atoms with van der Waals surface area (Å²) < 4.78 is 26.5. The number of benzene rings is 1. The smallest absolute Gasteiger partial charge is 0.290 e. The highest BCUT2D eigenvalue weighted by Gasteiger charge is 2.53. The summed E-state index contributed by atoms with van der Waals surface area (Å²) in [6.45, 7) is 1.98. The van der Waals surface area contributed by atoms with E-state index in [-0.39, 0.29) is 63.4 Å². The molecule has 0 saturated heterocycles. The molecule has 4 rings (SSSR count). The van der Waals surface area contributed by atoms with Crippen molar-refractivity contribution in [1.29, 1.82) is 0 Å². The van der Waals surface area contributed by atoms with Crippen molar-refractivity contribution in [2.45, 2.75) is 19.6 Å². The third kappa shape index (κ3) is 3.26. The molecule has 2 aliphatic rings. The molecule has 1 aliphatic carbocycles. The Bertz CT molecular complexity index is 1100. The van der Waals surface area contributed by atoms with Crippen molar-refractivity contribution in [3.05, 3.63) is 50.1 Å². The highest BCUT2D eigenvalue weighted by molar-refractivity contribution is 6.08. The topological polar surface area (TPSA) is 154 Å². The Kier molecular flexibility index (Phi) is 5.57. The zero-order chi connectivity index (χ0) is 23.0. The average molecular weight is 448 g/mol. The number of rotatable bonds is 7. The molecule has 0 saturated carbocycles. The molecule has 0 spiro atoms. The van der Waals surface area contributed by atoms with E-state index >= 15 is 0 Å². The number of hydrogen-bond acceptors (Lipinski definition) is 11. The molecule has 32 heavy (non-hydrogen) atoms. The zero-order valence-corrected chi connectivity index (χ0v) is 17.7. The molecule has 2 atom stereocenters. The second-order valence-corrected chi connectivity index (χ2v) is 6.81. The molecule has 0 radical (unpaired) electrons. The number of nitro groups is 1. The van der Waals surface area contributed by atoms with Gasteiger partial charge in [0.1, 0.15) is 23.2 Å². The summed E-state index contributed by atoms with van der Waals surface area (Å²) in [5.74, 6) is -0.125. The maximum Gasteiger partial charge on any atom is 0.290 e. The Morgan fingerprint density at radius 3 is 2.38 bits per heavy atom. The molecule has 170 valence electrons. The fraction of sp³-hybridized carbons (Fsp3) is 0.421. The minimum atomic E-state index is -1.02. The van der Waals surface area contributed by atoms with Gasteiger partial charge in [0.05, 0.1) is 37.4 Å². The summed E-state index contributed by atoms with van der Waals surface area (Å²) in [5.41, 5.74) is -0.0697. The number of allylic oxidation sites excluding steroid dienone is 1. The van der Waals surface area contributed by atoms with E-state index in [1.54, 1.807) is 19.1 Å². The lowest BCUT2D eigenvalue weighted by molar-refractivity contribution is -0.772. The Morgan fingerprint density at radius 2 is 1.81 bits per heavy atom. The monoisotopic (exact) mass is 448 g/mol. The lowest BCUT2D eigenvalue weighted by Gasteiger charge is -2.30. The first-order chi connectivity index (χ1) is 15.4. The van der Waals surface area contributed by atoms with Gasteiger partial charge in [0.25, 0.3) is 11.4 Å². The normalized spacial score (nSPS) is 19.8. The van der Waals surface area contributed by atoms with Crippen molar-refractivity contribution in [2.75, 3.05) is 27.9 Å². The first kappa shape index (κ1) is 21.4. The molecule has 0 fully saturated rings. The van der Waals surface area contributed by atoms with Crippen molar-refractivity contribution in [3.8, 4) is 17.2 Å². The summed E-state index contributed by atoms with van der Waals surface area (Å²) in [6.07, 6.45) is -0.974. The predicted octanol–water partition coefficient (Wildman–Crippen LogP) is 1.76. The van der Waals surface area contributed by atoms with Crippen LogP contribution in [0, 0.1) is 21.2 Å². The molecule has 2 aromatic rings. The Hall–Kier alpha value is -3.87. The molecule has 0 unspecified atom stereocenters. The number of hydrogen-bond donors (Lipinski definition) is 0. The molecule has 13 nitrogen and oxygen atoms in total. The Labute approximate surface area is 181 Å². The summed E-state index contributed by atoms with van der Waals surface area (Å²) in [5, 5.41) is 32.7. The molecule has 1 aromatic carbocycles. The van der Waals surface area contributed by atoms with Crippen LogP contribution < -0.4 is 14.2 Å². The van der Waals surface area contributed by atoms with Gasteiger partial charge in [-0.3, -0.25) is 15.3 Å². The number of aromatic nitrogens is 2. The second-order valence-electron chi connectivity index (χ2n) is 6.81. The number of methoxy groups -OCH3 is 3. The fourth-order valence-corrected chi connectivity index (χ4v) is 3.95. The average Bonchev–Trinajstić information content (AvgIpc) is 3.26. The van der Waals surface area contributed by atoms with E-state index in [0.717, 1.165) is 0 Å². The van der Waals surface area contributed by atoms with Gasteiger partial charge in [-0.05, 0) is 17.2 Å². The molecule has 1 aliphatic heterocycles. The van der Waals surface area contributed by atoms with Gasteiger partial charge in [-0.25, -0.2) is 4.63 Å². The lowest BCUT2D eigenvalue weighted by Crippen LogP contribution is -2.43. The third-order valence-corrected chi connectivity index (χ3v) is 5.24. The van der Waals surface area contributed by atoms with Gasteiger partial charge in [0.15, 0.2) is 12.0 Å². The van der Waals surface area contributed by atoms with Crippen LogP contribution in [-0.2, 0) is 9.57 Å². The highest BCUT2D eigenvalue weighted by atomic mass is 16.9. The van der Waals surface area contributed by atoms with Crippen molar-refractivity contribution >= 4 is 11.3 Å².